The van der Waals surface area contributed by atoms with Crippen LogP contribution in [-0.4, -0.2) is 72.7 Å². The van der Waals surface area contributed by atoms with Crippen LogP contribution in [0.4, 0.5) is 14.0 Å². The van der Waals surface area contributed by atoms with Gasteiger partial charge in [-0.15, -0.1) is 0 Å². The number of aromatic nitrogens is 1. The van der Waals surface area contributed by atoms with Crippen molar-refractivity contribution < 1.29 is 33.4 Å². The number of aliphatic hydroxyl groups is 1. The maximum absolute atomic E-state index is 13.3. The van der Waals surface area contributed by atoms with Gasteiger partial charge in [-0.3, -0.25) is 14.8 Å². The van der Waals surface area contributed by atoms with Gasteiger partial charge in [0, 0.05) is 22.8 Å². The third-order valence-corrected chi connectivity index (χ3v) is 6.15. The number of aldehydes is 1. The smallest absolute Gasteiger partial charge is 0.411 e. The first kappa shape index (κ1) is 30.5. The lowest BCUT2D eigenvalue weighted by Crippen LogP contribution is -2.67. The fourth-order valence-electron chi connectivity index (χ4n) is 4.64. The molecule has 3 heterocycles. The third kappa shape index (κ3) is 7.63. The van der Waals surface area contributed by atoms with Crippen LogP contribution in [0.15, 0.2) is 18.5 Å². The van der Waals surface area contributed by atoms with Crippen molar-refractivity contribution in [3.8, 4) is 0 Å². The molecule has 0 aliphatic carbocycles. The largest absolute Gasteiger partial charge is 0.444 e. The Morgan fingerprint density at radius 3 is 1.89 bits per heavy atom. The van der Waals surface area contributed by atoms with Gasteiger partial charge in [0.05, 0.1) is 18.3 Å². The van der Waals surface area contributed by atoms with Crippen LogP contribution in [0.2, 0.25) is 0 Å². The van der Waals surface area contributed by atoms with Gasteiger partial charge in [0.2, 0.25) is 0 Å². The zero-order valence-corrected chi connectivity index (χ0v) is 23.7. The maximum atomic E-state index is 13.3. The van der Waals surface area contributed by atoms with E-state index < -0.39 is 46.9 Å². The molecule has 2 aliphatic rings. The Balaban J connectivity index is 0.000000281. The molecule has 208 valence electrons. The second kappa shape index (κ2) is 10.6. The molecule has 0 saturated carbocycles. The van der Waals surface area contributed by atoms with E-state index in [2.05, 4.69) is 4.98 Å². The standard InChI is InChI=1S/C16H23FN2O3.C11H19NO3/c1-15(2,3)22-14(21)19-12(7-16(19,4)5)13(20)10-6-11(17)9-18-8-10;1-10(2,3)15-9(14)12-8(7-13)6-11(12,4)5/h6,8-9,12-13,20H,7H2,1-5H3;7-8H,6H2,1-5H3/t12-,13-;/m1./s1. The lowest BCUT2D eigenvalue weighted by atomic mass is 9.78. The topological polar surface area (TPSA) is 109 Å². The van der Waals surface area contributed by atoms with E-state index in [1.807, 2.05) is 48.5 Å². The Kier molecular flexibility index (Phi) is 8.69. The zero-order chi connectivity index (χ0) is 28.6. The van der Waals surface area contributed by atoms with Gasteiger partial charge in [0.1, 0.15) is 29.4 Å². The average molecular weight is 524 g/mol. The van der Waals surface area contributed by atoms with Crippen LogP contribution in [0, 0.1) is 5.82 Å². The SMILES string of the molecule is CC(C)(C)OC(=O)N1C(C=O)CC1(C)C.CC(C)(C)OC(=O)N1[C@@H]([C@H](O)c2cncc(F)c2)CC1(C)C. The van der Waals surface area contributed by atoms with Crippen LogP contribution >= 0.6 is 0 Å². The number of halogens is 1. The summed E-state index contributed by atoms with van der Waals surface area (Å²) < 4.78 is 23.9. The summed E-state index contributed by atoms with van der Waals surface area (Å²) in [6.07, 6.45) is 2.71. The third-order valence-electron chi connectivity index (χ3n) is 6.15. The Bertz CT molecular complexity index is 999. The van der Waals surface area contributed by atoms with Crippen LogP contribution in [0.5, 0.6) is 0 Å². The normalized spacial score (nSPS) is 22.9. The van der Waals surface area contributed by atoms with Gasteiger partial charge in [-0.2, -0.15) is 0 Å². The number of pyridine rings is 1. The molecule has 2 aliphatic heterocycles. The van der Waals surface area contributed by atoms with Gasteiger partial charge < -0.3 is 19.4 Å². The van der Waals surface area contributed by atoms with E-state index in [0.29, 0.717) is 18.4 Å². The van der Waals surface area contributed by atoms with Crippen molar-refractivity contribution in [1.82, 2.24) is 14.8 Å². The van der Waals surface area contributed by atoms with Crippen molar-refractivity contribution in [3.05, 3.63) is 29.8 Å². The number of amides is 2. The molecular weight excluding hydrogens is 481 g/mol. The first-order valence-corrected chi connectivity index (χ1v) is 12.5. The van der Waals surface area contributed by atoms with Gasteiger partial charge >= 0.3 is 12.2 Å². The van der Waals surface area contributed by atoms with E-state index in [0.717, 1.165) is 12.5 Å². The summed E-state index contributed by atoms with van der Waals surface area (Å²) in [6.45, 7) is 18.5. The number of rotatable bonds is 3. The van der Waals surface area contributed by atoms with Crippen LogP contribution in [0.3, 0.4) is 0 Å². The molecule has 1 aromatic rings. The van der Waals surface area contributed by atoms with E-state index in [1.165, 1.54) is 22.1 Å². The van der Waals surface area contributed by atoms with Crippen molar-refractivity contribution in [2.75, 3.05) is 0 Å². The molecule has 2 saturated heterocycles. The average Bonchev–Trinajstić information content (AvgIpc) is 2.67. The van der Waals surface area contributed by atoms with E-state index in [4.69, 9.17) is 9.47 Å². The van der Waals surface area contributed by atoms with Crippen LogP contribution in [-0.2, 0) is 14.3 Å². The van der Waals surface area contributed by atoms with Crippen LogP contribution in [0.1, 0.15) is 93.7 Å². The second-order valence-corrected chi connectivity index (χ2v) is 12.9. The molecule has 0 bridgehead atoms. The summed E-state index contributed by atoms with van der Waals surface area (Å²) in [5, 5.41) is 10.5. The molecule has 37 heavy (non-hydrogen) atoms. The zero-order valence-electron chi connectivity index (χ0n) is 23.7. The lowest BCUT2D eigenvalue weighted by molar-refractivity contribution is -0.125. The number of carbonyl (C=O) groups is 3. The lowest BCUT2D eigenvalue weighted by Gasteiger charge is -2.56. The molecule has 0 radical (unpaired) electrons. The van der Waals surface area contributed by atoms with Crippen molar-refractivity contribution in [2.24, 2.45) is 0 Å². The maximum Gasteiger partial charge on any atom is 0.411 e. The molecule has 2 amide bonds. The van der Waals surface area contributed by atoms with Crippen LogP contribution in [0.25, 0.3) is 0 Å². The van der Waals surface area contributed by atoms with Gasteiger partial charge in [-0.25, -0.2) is 14.0 Å². The van der Waals surface area contributed by atoms with Crippen molar-refractivity contribution in [1.29, 1.82) is 0 Å². The Hall–Kier alpha value is -2.75. The van der Waals surface area contributed by atoms with E-state index in [9.17, 15) is 23.9 Å². The molecule has 3 atom stereocenters. The number of aliphatic hydroxyl groups excluding tert-OH is 1. The summed E-state index contributed by atoms with van der Waals surface area (Å²) in [6, 6.07) is 0.458. The second-order valence-electron chi connectivity index (χ2n) is 12.9. The van der Waals surface area contributed by atoms with Crippen molar-refractivity contribution in [2.45, 2.75) is 123 Å². The molecule has 2 fully saturated rings. The highest BCUT2D eigenvalue weighted by Crippen LogP contribution is 2.43. The predicted molar refractivity (Wildman–Crippen MR) is 136 cm³/mol. The van der Waals surface area contributed by atoms with E-state index >= 15 is 0 Å². The van der Waals surface area contributed by atoms with Gasteiger partial charge in [-0.05, 0) is 88.1 Å². The number of carbonyl (C=O) groups excluding carboxylic acids is 3. The minimum atomic E-state index is -0.997. The summed E-state index contributed by atoms with van der Waals surface area (Å²) in [7, 11) is 0. The van der Waals surface area contributed by atoms with Gasteiger partial charge in [0.25, 0.3) is 0 Å². The molecule has 0 spiro atoms. The Labute approximate surface area is 219 Å². The number of hydrogen-bond donors (Lipinski definition) is 1. The van der Waals surface area contributed by atoms with E-state index in [-0.39, 0.29) is 11.6 Å². The Morgan fingerprint density at radius 1 is 1.00 bits per heavy atom. The van der Waals surface area contributed by atoms with Crippen molar-refractivity contribution >= 4 is 18.5 Å². The number of hydrogen-bond acceptors (Lipinski definition) is 7. The monoisotopic (exact) mass is 523 g/mol. The van der Waals surface area contributed by atoms with Crippen molar-refractivity contribution in [3.63, 3.8) is 0 Å². The van der Waals surface area contributed by atoms with E-state index in [1.54, 1.807) is 20.8 Å². The minimum absolute atomic E-state index is 0.270. The highest BCUT2D eigenvalue weighted by Gasteiger charge is 2.52. The van der Waals surface area contributed by atoms with Gasteiger partial charge in [0.15, 0.2) is 0 Å². The minimum Gasteiger partial charge on any atom is -0.444 e. The first-order valence-electron chi connectivity index (χ1n) is 12.5. The molecule has 9 nitrogen and oxygen atoms in total. The molecule has 10 heteroatoms. The molecule has 1 unspecified atom stereocenters. The quantitative estimate of drug-likeness (QED) is 0.554. The molecular formula is C27H42FN3O6. The first-order chi connectivity index (χ1) is 16.7. The fraction of sp³-hybridized carbons (Fsp3) is 0.704. The fourth-order valence-corrected chi connectivity index (χ4v) is 4.64. The van der Waals surface area contributed by atoms with Gasteiger partial charge in [-0.1, -0.05) is 0 Å². The number of nitrogens with zero attached hydrogens (tertiary/aromatic N) is 3. The summed E-state index contributed by atoms with van der Waals surface area (Å²) in [5.41, 5.74) is -1.45. The molecule has 1 N–H and O–H groups in total. The predicted octanol–water partition coefficient (Wildman–Crippen LogP) is 5.02. The molecule has 1 aromatic heterocycles. The van der Waals surface area contributed by atoms with Crippen LogP contribution < -0.4 is 0 Å². The molecule has 3 rings (SSSR count). The highest BCUT2D eigenvalue weighted by atomic mass is 19.1. The summed E-state index contributed by atoms with van der Waals surface area (Å²) >= 11 is 0. The number of ether oxygens (including phenoxy) is 2. The summed E-state index contributed by atoms with van der Waals surface area (Å²) in [5.74, 6) is -0.515. The summed E-state index contributed by atoms with van der Waals surface area (Å²) in [4.78, 5) is 41.6. The number of likely N-dealkylation sites (tertiary alicyclic amines) is 2. The highest BCUT2D eigenvalue weighted by molar-refractivity contribution is 5.77. The Morgan fingerprint density at radius 2 is 1.49 bits per heavy atom. The molecule has 0 aromatic carbocycles.